The molecular formula is C21H26N2O3S. The van der Waals surface area contributed by atoms with Gasteiger partial charge in [0, 0.05) is 13.0 Å². The highest BCUT2D eigenvalue weighted by Crippen LogP contribution is 2.33. The summed E-state index contributed by atoms with van der Waals surface area (Å²) in [4.78, 5) is 11.5. The van der Waals surface area contributed by atoms with Crippen LogP contribution in [0, 0.1) is 0 Å². The summed E-state index contributed by atoms with van der Waals surface area (Å²) in [6, 6.07) is 16.0. The molecular weight excluding hydrogens is 360 g/mol. The number of benzene rings is 2. The number of amides is 1. The molecule has 0 unspecified atom stereocenters. The Morgan fingerprint density at radius 3 is 2.19 bits per heavy atom. The number of carbonyl (C=O) groups is 1. The van der Waals surface area contributed by atoms with Crippen molar-refractivity contribution in [3.63, 3.8) is 0 Å². The molecule has 0 radical (unpaired) electrons. The molecule has 3 rings (SSSR count). The van der Waals surface area contributed by atoms with E-state index in [1.54, 1.807) is 36.4 Å². The number of nitrogens with two attached hydrogens (primary N) is 1. The van der Waals surface area contributed by atoms with Crippen molar-refractivity contribution in [3.05, 3.63) is 60.2 Å². The Bertz CT molecular complexity index is 858. The average Bonchev–Trinajstić information content (AvgIpc) is 2.69. The lowest BCUT2D eigenvalue weighted by Gasteiger charge is -2.25. The van der Waals surface area contributed by atoms with E-state index in [9.17, 15) is 13.2 Å². The van der Waals surface area contributed by atoms with E-state index in [1.165, 1.54) is 42.0 Å². The minimum atomic E-state index is -3.77. The zero-order valence-corrected chi connectivity index (χ0v) is 16.2. The van der Waals surface area contributed by atoms with Crippen LogP contribution in [0.5, 0.6) is 0 Å². The highest BCUT2D eigenvalue weighted by molar-refractivity contribution is 7.92. The normalized spacial score (nSPS) is 15.4. The third-order valence-electron chi connectivity index (χ3n) is 5.15. The molecule has 0 aliphatic heterocycles. The highest BCUT2D eigenvalue weighted by Gasteiger charge is 2.25. The molecule has 5 nitrogen and oxygen atoms in total. The van der Waals surface area contributed by atoms with Gasteiger partial charge >= 0.3 is 0 Å². The first-order chi connectivity index (χ1) is 13.0. The second-order valence-electron chi connectivity index (χ2n) is 7.03. The Kier molecular flexibility index (Phi) is 6.16. The molecule has 1 saturated carbocycles. The quantitative estimate of drug-likeness (QED) is 0.786. The standard InChI is InChI=1S/C21H26N2O3S/c22-21(24)15-16-23(19-9-5-2-6-10-19)27(25,26)20-13-11-18(12-14-20)17-7-3-1-4-8-17/h2,5-6,9-14,17H,1,3-4,7-8,15-16H2,(H2,22,24). The van der Waals surface area contributed by atoms with Gasteiger partial charge < -0.3 is 5.73 Å². The predicted molar refractivity (Wildman–Crippen MR) is 107 cm³/mol. The van der Waals surface area contributed by atoms with E-state index in [1.807, 2.05) is 18.2 Å². The van der Waals surface area contributed by atoms with Gasteiger partial charge in [-0.05, 0) is 48.6 Å². The van der Waals surface area contributed by atoms with Gasteiger partial charge in [-0.15, -0.1) is 0 Å². The fraction of sp³-hybridized carbons (Fsp3) is 0.381. The summed E-state index contributed by atoms with van der Waals surface area (Å²) in [5.41, 5.74) is 6.97. The zero-order valence-electron chi connectivity index (χ0n) is 15.4. The maximum Gasteiger partial charge on any atom is 0.264 e. The van der Waals surface area contributed by atoms with Crippen LogP contribution in [0.15, 0.2) is 59.5 Å². The van der Waals surface area contributed by atoms with E-state index in [2.05, 4.69) is 0 Å². The number of para-hydroxylation sites is 1. The Hall–Kier alpha value is -2.34. The van der Waals surface area contributed by atoms with Gasteiger partial charge in [-0.25, -0.2) is 8.42 Å². The number of hydrogen-bond donors (Lipinski definition) is 1. The molecule has 0 spiro atoms. The third-order valence-corrected chi connectivity index (χ3v) is 6.99. The van der Waals surface area contributed by atoms with Crippen molar-refractivity contribution < 1.29 is 13.2 Å². The lowest BCUT2D eigenvalue weighted by molar-refractivity contribution is -0.117. The molecule has 2 aromatic carbocycles. The SMILES string of the molecule is NC(=O)CCN(c1ccccc1)S(=O)(=O)c1ccc(C2CCCCC2)cc1. The summed E-state index contributed by atoms with van der Waals surface area (Å²) in [6.07, 6.45) is 6.06. The van der Waals surface area contributed by atoms with Crippen molar-refractivity contribution >= 4 is 21.6 Å². The Labute approximate surface area is 161 Å². The average molecular weight is 387 g/mol. The first kappa shape index (κ1) is 19.4. The summed E-state index contributed by atoms with van der Waals surface area (Å²) in [6.45, 7) is 0.0199. The number of anilines is 1. The largest absolute Gasteiger partial charge is 0.370 e. The van der Waals surface area contributed by atoms with Crippen LogP contribution < -0.4 is 10.0 Å². The molecule has 0 bridgehead atoms. The topological polar surface area (TPSA) is 80.5 Å². The van der Waals surface area contributed by atoms with Gasteiger partial charge in [0.2, 0.25) is 5.91 Å². The van der Waals surface area contributed by atoms with Crippen LogP contribution in [-0.4, -0.2) is 20.9 Å². The Morgan fingerprint density at radius 1 is 0.963 bits per heavy atom. The molecule has 0 aromatic heterocycles. The lowest BCUT2D eigenvalue weighted by Crippen LogP contribution is -2.34. The second-order valence-corrected chi connectivity index (χ2v) is 8.90. The van der Waals surface area contributed by atoms with E-state index in [4.69, 9.17) is 5.73 Å². The lowest BCUT2D eigenvalue weighted by atomic mass is 9.84. The zero-order chi connectivity index (χ0) is 19.3. The fourth-order valence-electron chi connectivity index (χ4n) is 3.67. The molecule has 2 aromatic rings. The molecule has 2 N–H and O–H groups in total. The smallest absolute Gasteiger partial charge is 0.264 e. The van der Waals surface area contributed by atoms with Gasteiger partial charge in [-0.1, -0.05) is 49.6 Å². The van der Waals surface area contributed by atoms with Crippen LogP contribution in [0.1, 0.15) is 50.0 Å². The molecule has 144 valence electrons. The number of carbonyl (C=O) groups excluding carboxylic acids is 1. The summed E-state index contributed by atoms with van der Waals surface area (Å²) in [7, 11) is -3.77. The van der Waals surface area contributed by atoms with Crippen LogP contribution in [-0.2, 0) is 14.8 Å². The minimum Gasteiger partial charge on any atom is -0.370 e. The molecule has 1 aliphatic rings. The van der Waals surface area contributed by atoms with Crippen LogP contribution >= 0.6 is 0 Å². The molecule has 27 heavy (non-hydrogen) atoms. The summed E-state index contributed by atoms with van der Waals surface area (Å²) in [5.74, 6) is -0.00521. The minimum absolute atomic E-state index is 0.0199. The van der Waals surface area contributed by atoms with Crippen molar-refractivity contribution in [1.82, 2.24) is 0 Å². The fourth-order valence-corrected chi connectivity index (χ4v) is 5.13. The number of primary amides is 1. The van der Waals surface area contributed by atoms with E-state index in [0.29, 0.717) is 11.6 Å². The monoisotopic (exact) mass is 386 g/mol. The maximum atomic E-state index is 13.2. The second kappa shape index (κ2) is 8.57. The highest BCUT2D eigenvalue weighted by atomic mass is 32.2. The first-order valence-corrected chi connectivity index (χ1v) is 10.9. The van der Waals surface area contributed by atoms with E-state index in [0.717, 1.165) is 0 Å². The number of rotatable bonds is 7. The first-order valence-electron chi connectivity index (χ1n) is 9.44. The molecule has 0 heterocycles. The molecule has 1 amide bonds. The molecule has 0 atom stereocenters. The van der Waals surface area contributed by atoms with Gasteiger partial charge in [0.15, 0.2) is 0 Å². The number of sulfonamides is 1. The van der Waals surface area contributed by atoms with Crippen LogP contribution in [0.2, 0.25) is 0 Å². The van der Waals surface area contributed by atoms with Gasteiger partial charge in [0.05, 0.1) is 10.6 Å². The summed E-state index contributed by atoms with van der Waals surface area (Å²) in [5, 5.41) is 0. The van der Waals surface area contributed by atoms with Crippen LogP contribution in [0.4, 0.5) is 5.69 Å². The van der Waals surface area contributed by atoms with Crippen LogP contribution in [0.3, 0.4) is 0 Å². The number of nitrogens with zero attached hydrogens (tertiary/aromatic N) is 1. The van der Waals surface area contributed by atoms with Crippen molar-refractivity contribution in [3.8, 4) is 0 Å². The van der Waals surface area contributed by atoms with E-state index < -0.39 is 15.9 Å². The van der Waals surface area contributed by atoms with Gasteiger partial charge in [-0.2, -0.15) is 0 Å². The summed E-state index contributed by atoms with van der Waals surface area (Å²) < 4.78 is 27.7. The van der Waals surface area contributed by atoms with E-state index >= 15 is 0 Å². The molecule has 1 aliphatic carbocycles. The third kappa shape index (κ3) is 4.69. The van der Waals surface area contributed by atoms with Gasteiger partial charge in [-0.3, -0.25) is 9.10 Å². The van der Waals surface area contributed by atoms with Gasteiger partial charge in [0.25, 0.3) is 10.0 Å². The molecule has 0 saturated heterocycles. The van der Waals surface area contributed by atoms with Gasteiger partial charge in [0.1, 0.15) is 0 Å². The van der Waals surface area contributed by atoms with Crippen molar-refractivity contribution in [2.24, 2.45) is 5.73 Å². The van der Waals surface area contributed by atoms with E-state index in [-0.39, 0.29) is 17.9 Å². The van der Waals surface area contributed by atoms with Crippen molar-refractivity contribution in [2.45, 2.75) is 49.3 Å². The molecule has 6 heteroatoms. The maximum absolute atomic E-state index is 13.2. The van der Waals surface area contributed by atoms with Crippen LogP contribution in [0.25, 0.3) is 0 Å². The summed E-state index contributed by atoms with van der Waals surface area (Å²) >= 11 is 0. The Balaban J connectivity index is 1.87. The number of hydrogen-bond acceptors (Lipinski definition) is 3. The Morgan fingerprint density at radius 2 is 1.59 bits per heavy atom. The predicted octanol–water partition coefficient (Wildman–Crippen LogP) is 3.81. The molecule has 1 fully saturated rings. The van der Waals surface area contributed by atoms with Crippen molar-refractivity contribution in [1.29, 1.82) is 0 Å². The van der Waals surface area contributed by atoms with Crippen molar-refractivity contribution in [2.75, 3.05) is 10.8 Å².